The molecule has 0 saturated carbocycles. The number of rotatable bonds is 6. The molecule has 0 atom stereocenters. The summed E-state index contributed by atoms with van der Waals surface area (Å²) in [6, 6.07) is 16.0. The van der Waals surface area contributed by atoms with Crippen molar-refractivity contribution in [1.29, 1.82) is 0 Å². The van der Waals surface area contributed by atoms with Crippen LogP contribution in [0.4, 0.5) is 5.69 Å². The number of hydrogen-bond donors (Lipinski definition) is 1. The first kappa shape index (κ1) is 20.6. The van der Waals surface area contributed by atoms with Gasteiger partial charge in [0.1, 0.15) is 5.75 Å². The van der Waals surface area contributed by atoms with Gasteiger partial charge in [0.05, 0.1) is 18.4 Å². The van der Waals surface area contributed by atoms with Crippen molar-refractivity contribution in [2.45, 2.75) is 24.3 Å². The Morgan fingerprint density at radius 2 is 1.93 bits per heavy atom. The Morgan fingerprint density at radius 3 is 2.63 bits per heavy atom. The monoisotopic (exact) mass is 442 g/mol. The van der Waals surface area contributed by atoms with Gasteiger partial charge in [-0.15, -0.1) is 11.3 Å². The van der Waals surface area contributed by atoms with E-state index in [2.05, 4.69) is 5.32 Å². The van der Waals surface area contributed by atoms with Gasteiger partial charge in [-0.05, 0) is 65.4 Å². The molecule has 3 aromatic rings. The molecule has 0 saturated heterocycles. The molecule has 0 fully saturated rings. The molecule has 2 heterocycles. The SMILES string of the molecule is COc1ccc(S(=O)(=O)N2CCc3ccc(NC(=O)Cc4cccs4)cc3C2)cc1. The minimum Gasteiger partial charge on any atom is -0.497 e. The lowest BCUT2D eigenvalue weighted by molar-refractivity contribution is -0.115. The molecule has 1 aliphatic rings. The number of sulfonamides is 1. The van der Waals surface area contributed by atoms with E-state index in [-0.39, 0.29) is 17.3 Å². The van der Waals surface area contributed by atoms with Crippen LogP contribution in [-0.2, 0) is 34.2 Å². The van der Waals surface area contributed by atoms with Crippen molar-refractivity contribution in [3.8, 4) is 5.75 Å². The number of carbonyl (C=O) groups is 1. The highest BCUT2D eigenvalue weighted by Gasteiger charge is 2.28. The Labute approximate surface area is 180 Å². The van der Waals surface area contributed by atoms with E-state index in [0.29, 0.717) is 30.8 Å². The average molecular weight is 443 g/mol. The van der Waals surface area contributed by atoms with Crippen molar-refractivity contribution in [2.75, 3.05) is 19.0 Å². The lowest BCUT2D eigenvalue weighted by atomic mass is 10.0. The van der Waals surface area contributed by atoms with Crippen molar-refractivity contribution in [1.82, 2.24) is 4.31 Å². The second-order valence-electron chi connectivity index (χ2n) is 7.05. The number of nitrogens with zero attached hydrogens (tertiary/aromatic N) is 1. The maximum atomic E-state index is 13.1. The fraction of sp³-hybridized carbons (Fsp3) is 0.227. The second kappa shape index (κ2) is 8.59. The van der Waals surface area contributed by atoms with Gasteiger partial charge < -0.3 is 10.1 Å². The molecule has 1 aliphatic heterocycles. The number of benzene rings is 2. The van der Waals surface area contributed by atoms with Crippen LogP contribution in [0.25, 0.3) is 0 Å². The molecule has 0 unspecified atom stereocenters. The molecule has 2 aromatic carbocycles. The predicted octanol–water partition coefficient (Wildman–Crippen LogP) is 3.68. The fourth-order valence-electron chi connectivity index (χ4n) is 3.49. The van der Waals surface area contributed by atoms with Gasteiger partial charge in [-0.1, -0.05) is 12.1 Å². The third-order valence-corrected chi connectivity index (χ3v) is 7.82. The first-order chi connectivity index (χ1) is 14.5. The summed E-state index contributed by atoms with van der Waals surface area (Å²) in [5.41, 5.74) is 2.69. The van der Waals surface area contributed by atoms with Crippen LogP contribution < -0.4 is 10.1 Å². The lowest BCUT2D eigenvalue weighted by Gasteiger charge is -2.28. The minimum absolute atomic E-state index is 0.0871. The summed E-state index contributed by atoms with van der Waals surface area (Å²) in [5.74, 6) is 0.525. The fourth-order valence-corrected chi connectivity index (χ4v) is 5.61. The smallest absolute Gasteiger partial charge is 0.243 e. The van der Waals surface area contributed by atoms with Crippen LogP contribution in [0.15, 0.2) is 64.9 Å². The van der Waals surface area contributed by atoms with Crippen molar-refractivity contribution in [3.63, 3.8) is 0 Å². The number of thiophene rings is 1. The maximum Gasteiger partial charge on any atom is 0.243 e. The Bertz CT molecular complexity index is 1140. The zero-order chi connectivity index (χ0) is 21.1. The first-order valence-corrected chi connectivity index (χ1v) is 11.9. The normalized spacial score (nSPS) is 14.2. The highest BCUT2D eigenvalue weighted by molar-refractivity contribution is 7.89. The van der Waals surface area contributed by atoms with E-state index in [1.807, 2.05) is 35.7 Å². The zero-order valence-corrected chi connectivity index (χ0v) is 18.1. The van der Waals surface area contributed by atoms with Crippen LogP contribution in [-0.4, -0.2) is 32.3 Å². The Morgan fingerprint density at radius 1 is 1.13 bits per heavy atom. The van der Waals surface area contributed by atoms with Gasteiger partial charge >= 0.3 is 0 Å². The van der Waals surface area contributed by atoms with E-state index in [9.17, 15) is 13.2 Å². The van der Waals surface area contributed by atoms with Crippen LogP contribution in [0.1, 0.15) is 16.0 Å². The zero-order valence-electron chi connectivity index (χ0n) is 16.5. The van der Waals surface area contributed by atoms with Gasteiger partial charge in [0.2, 0.25) is 15.9 Å². The largest absolute Gasteiger partial charge is 0.497 e. The molecular weight excluding hydrogens is 420 g/mol. The number of anilines is 1. The van der Waals surface area contributed by atoms with Crippen molar-refractivity contribution >= 4 is 33.0 Å². The quantitative estimate of drug-likeness (QED) is 0.632. The van der Waals surface area contributed by atoms with Crippen LogP contribution >= 0.6 is 11.3 Å². The molecule has 1 aromatic heterocycles. The van der Waals surface area contributed by atoms with Crippen molar-refractivity contribution in [2.24, 2.45) is 0 Å². The molecule has 0 aliphatic carbocycles. The van der Waals surface area contributed by atoms with Crippen LogP contribution in [0, 0.1) is 0 Å². The van der Waals surface area contributed by atoms with Crippen molar-refractivity contribution < 1.29 is 17.9 Å². The van der Waals surface area contributed by atoms with E-state index in [4.69, 9.17) is 4.74 Å². The summed E-state index contributed by atoms with van der Waals surface area (Å²) < 4.78 is 32.7. The summed E-state index contributed by atoms with van der Waals surface area (Å²) in [7, 11) is -2.06. The van der Waals surface area contributed by atoms with E-state index in [0.717, 1.165) is 16.0 Å². The minimum atomic E-state index is -3.61. The number of carbonyl (C=O) groups excluding carboxylic acids is 1. The van der Waals surface area contributed by atoms with Gasteiger partial charge in [0, 0.05) is 23.7 Å². The molecule has 0 bridgehead atoms. The molecule has 6 nitrogen and oxygen atoms in total. The summed E-state index contributed by atoms with van der Waals surface area (Å²) in [6.07, 6.45) is 0.959. The van der Waals surface area contributed by atoms with Gasteiger partial charge in [0.15, 0.2) is 0 Å². The van der Waals surface area contributed by atoms with E-state index >= 15 is 0 Å². The van der Waals surface area contributed by atoms with Crippen LogP contribution in [0.5, 0.6) is 5.75 Å². The average Bonchev–Trinajstić information content (AvgIpc) is 3.26. The Hall–Kier alpha value is -2.68. The summed E-state index contributed by atoms with van der Waals surface area (Å²) in [5, 5.41) is 4.86. The molecule has 1 N–H and O–H groups in total. The maximum absolute atomic E-state index is 13.1. The van der Waals surface area contributed by atoms with Gasteiger partial charge in [0.25, 0.3) is 0 Å². The summed E-state index contributed by atoms with van der Waals surface area (Å²) in [6.45, 7) is 0.698. The van der Waals surface area contributed by atoms with Gasteiger partial charge in [-0.25, -0.2) is 8.42 Å². The highest BCUT2D eigenvalue weighted by Crippen LogP contribution is 2.28. The first-order valence-electron chi connectivity index (χ1n) is 9.54. The number of hydrogen-bond acceptors (Lipinski definition) is 5. The van der Waals surface area contributed by atoms with E-state index in [1.54, 1.807) is 42.7 Å². The summed E-state index contributed by atoms with van der Waals surface area (Å²) >= 11 is 1.55. The predicted molar refractivity (Wildman–Crippen MR) is 117 cm³/mol. The lowest BCUT2D eigenvalue weighted by Crippen LogP contribution is -2.36. The van der Waals surface area contributed by atoms with E-state index < -0.39 is 10.0 Å². The van der Waals surface area contributed by atoms with Crippen LogP contribution in [0.3, 0.4) is 0 Å². The molecule has 156 valence electrons. The third-order valence-electron chi connectivity index (χ3n) is 5.08. The standard InChI is InChI=1S/C22H22N2O4S2/c1-28-19-6-8-21(9-7-19)30(26,27)24-11-10-16-4-5-18(13-17(16)15-24)23-22(25)14-20-3-2-12-29-20/h2-9,12-13H,10-11,14-15H2,1H3,(H,23,25). The second-order valence-corrected chi connectivity index (χ2v) is 10.0. The molecular formula is C22H22N2O4S2. The number of amides is 1. The van der Waals surface area contributed by atoms with Gasteiger partial charge in [-0.2, -0.15) is 4.31 Å². The van der Waals surface area contributed by atoms with Crippen molar-refractivity contribution in [3.05, 3.63) is 76.0 Å². The molecule has 30 heavy (non-hydrogen) atoms. The number of methoxy groups -OCH3 is 1. The Balaban J connectivity index is 1.49. The number of ether oxygens (including phenoxy) is 1. The highest BCUT2D eigenvalue weighted by atomic mass is 32.2. The van der Waals surface area contributed by atoms with Gasteiger partial charge in [-0.3, -0.25) is 4.79 Å². The molecule has 8 heteroatoms. The molecule has 1 amide bonds. The molecule has 0 spiro atoms. The topological polar surface area (TPSA) is 75.7 Å². The molecule has 4 rings (SSSR count). The molecule has 0 radical (unpaired) electrons. The summed E-state index contributed by atoms with van der Waals surface area (Å²) in [4.78, 5) is 13.5. The van der Waals surface area contributed by atoms with E-state index in [1.165, 1.54) is 4.31 Å². The Kier molecular flexibility index (Phi) is 5.90. The van der Waals surface area contributed by atoms with Crippen LogP contribution in [0.2, 0.25) is 0 Å². The number of fused-ring (bicyclic) bond motifs is 1. The number of nitrogens with one attached hydrogen (secondary N) is 1. The third kappa shape index (κ3) is 4.40.